The van der Waals surface area contributed by atoms with Gasteiger partial charge in [-0.1, -0.05) is 42.8 Å². The number of nitrogens with one attached hydrogen (secondary N) is 1. The highest BCUT2D eigenvalue weighted by atomic mass is 127. The molecule has 1 fully saturated rings. The molecule has 4 amide bonds. The van der Waals surface area contributed by atoms with Gasteiger partial charge in [0.2, 0.25) is 0 Å². The summed E-state index contributed by atoms with van der Waals surface area (Å²) in [5.74, 6) is 0.488. The molecule has 4 rings (SSSR count). The van der Waals surface area contributed by atoms with Crippen LogP contribution in [-0.2, 0) is 22.7 Å². The molecule has 1 heterocycles. The van der Waals surface area contributed by atoms with Gasteiger partial charge < -0.3 is 18.9 Å². The van der Waals surface area contributed by atoms with Crippen molar-refractivity contribution in [3.05, 3.63) is 85.5 Å². The number of hydrogen-bond acceptors (Lipinski definition) is 7. The Balaban J connectivity index is 1.58. The SMILES string of the molecule is CCCOc1ccc(CN2C(=O)NC(=O)/C(=C\c3cc(I)c(OCc4ccccc4Cl)c(OC)c3)C2=O)cc1OCC. The molecule has 0 radical (unpaired) electrons. The topological polar surface area (TPSA) is 103 Å². The maximum absolute atomic E-state index is 13.4. The zero-order valence-electron chi connectivity index (χ0n) is 23.4. The molecule has 0 aliphatic carbocycles. The number of nitrogens with zero attached hydrogens (tertiary/aromatic N) is 1. The minimum absolute atomic E-state index is 0.0703. The Labute approximate surface area is 262 Å². The average molecular weight is 705 g/mol. The molecule has 0 bridgehead atoms. The van der Waals surface area contributed by atoms with Crippen LogP contribution in [0.3, 0.4) is 0 Å². The fraction of sp³-hybridized carbons (Fsp3) is 0.258. The number of barbiturate groups is 1. The lowest BCUT2D eigenvalue weighted by Crippen LogP contribution is -2.53. The Hall–Kier alpha value is -3.77. The Kier molecular flexibility index (Phi) is 10.7. The van der Waals surface area contributed by atoms with Gasteiger partial charge in [-0.3, -0.25) is 19.8 Å². The summed E-state index contributed by atoms with van der Waals surface area (Å²) in [7, 11) is 1.50. The van der Waals surface area contributed by atoms with E-state index in [1.807, 2.05) is 32.0 Å². The van der Waals surface area contributed by atoms with E-state index in [-0.39, 0.29) is 18.7 Å². The predicted molar refractivity (Wildman–Crippen MR) is 167 cm³/mol. The van der Waals surface area contributed by atoms with Crippen LogP contribution < -0.4 is 24.3 Å². The molecule has 9 nitrogen and oxygen atoms in total. The van der Waals surface area contributed by atoms with Crippen LogP contribution in [0.5, 0.6) is 23.0 Å². The van der Waals surface area contributed by atoms with Crippen LogP contribution in [0.15, 0.2) is 60.2 Å². The summed E-state index contributed by atoms with van der Waals surface area (Å²) < 4.78 is 23.7. The van der Waals surface area contributed by atoms with Crippen LogP contribution in [0.1, 0.15) is 37.0 Å². The molecule has 0 unspecified atom stereocenters. The standard InChI is InChI=1S/C31H30ClIN2O7/c1-4-12-41-25-11-10-19(15-26(25)40-5-2)17-35-30(37)22(29(36)34-31(35)38)13-20-14-24(33)28(27(16-20)39-3)42-18-21-8-6-7-9-23(21)32/h6-11,13-16H,4-5,12,17-18H2,1-3H3,(H,34,36,38)/b22-13+. The summed E-state index contributed by atoms with van der Waals surface area (Å²) in [5, 5.41) is 2.85. The van der Waals surface area contributed by atoms with E-state index in [0.29, 0.717) is 55.9 Å². The maximum Gasteiger partial charge on any atom is 0.331 e. The number of ether oxygens (including phenoxy) is 4. The number of halogens is 2. The van der Waals surface area contributed by atoms with E-state index < -0.39 is 17.8 Å². The van der Waals surface area contributed by atoms with E-state index in [0.717, 1.165) is 16.9 Å². The van der Waals surface area contributed by atoms with Crippen molar-refractivity contribution < 1.29 is 33.3 Å². The highest BCUT2D eigenvalue weighted by Crippen LogP contribution is 2.36. The molecule has 1 aliphatic heterocycles. The highest BCUT2D eigenvalue weighted by Gasteiger charge is 2.36. The first kappa shape index (κ1) is 31.2. The Morgan fingerprint density at radius 2 is 1.74 bits per heavy atom. The van der Waals surface area contributed by atoms with Gasteiger partial charge in [0.25, 0.3) is 11.8 Å². The van der Waals surface area contributed by atoms with Crippen LogP contribution in [0, 0.1) is 3.57 Å². The number of benzene rings is 3. The summed E-state index contributed by atoms with van der Waals surface area (Å²) in [4.78, 5) is 39.8. The van der Waals surface area contributed by atoms with E-state index in [1.165, 1.54) is 13.2 Å². The van der Waals surface area contributed by atoms with Gasteiger partial charge in [0.05, 0.1) is 30.4 Å². The van der Waals surface area contributed by atoms with Crippen molar-refractivity contribution in [2.75, 3.05) is 20.3 Å². The third kappa shape index (κ3) is 7.35. The molecule has 42 heavy (non-hydrogen) atoms. The Morgan fingerprint density at radius 1 is 0.952 bits per heavy atom. The Morgan fingerprint density at radius 3 is 2.45 bits per heavy atom. The van der Waals surface area contributed by atoms with E-state index in [2.05, 4.69) is 27.9 Å². The predicted octanol–water partition coefficient (Wildman–Crippen LogP) is 6.38. The number of amides is 4. The van der Waals surface area contributed by atoms with Crippen LogP contribution >= 0.6 is 34.2 Å². The number of carbonyl (C=O) groups excluding carboxylic acids is 3. The molecule has 0 aromatic heterocycles. The Bertz CT molecular complexity index is 1530. The second-order valence-corrected chi connectivity index (χ2v) is 10.8. The molecule has 1 saturated heterocycles. The number of methoxy groups -OCH3 is 1. The van der Waals surface area contributed by atoms with Crippen LogP contribution in [0.4, 0.5) is 4.79 Å². The molecule has 1 aliphatic rings. The van der Waals surface area contributed by atoms with E-state index in [1.54, 1.807) is 36.4 Å². The molecule has 220 valence electrons. The lowest BCUT2D eigenvalue weighted by atomic mass is 10.1. The summed E-state index contributed by atoms with van der Waals surface area (Å²) in [6, 6.07) is 15.2. The van der Waals surface area contributed by atoms with Crippen molar-refractivity contribution in [3.8, 4) is 23.0 Å². The van der Waals surface area contributed by atoms with Crippen molar-refractivity contribution in [1.29, 1.82) is 0 Å². The van der Waals surface area contributed by atoms with Gasteiger partial charge in [-0.2, -0.15) is 0 Å². The fourth-order valence-electron chi connectivity index (χ4n) is 4.17. The maximum atomic E-state index is 13.4. The minimum Gasteiger partial charge on any atom is -0.493 e. The average Bonchev–Trinajstić information content (AvgIpc) is 2.97. The highest BCUT2D eigenvalue weighted by molar-refractivity contribution is 14.1. The van der Waals surface area contributed by atoms with Crippen molar-refractivity contribution in [3.63, 3.8) is 0 Å². The van der Waals surface area contributed by atoms with Gasteiger partial charge in [0, 0.05) is 10.6 Å². The minimum atomic E-state index is -0.804. The van der Waals surface area contributed by atoms with Crippen molar-refractivity contribution >= 4 is 58.1 Å². The zero-order chi connectivity index (χ0) is 30.2. The van der Waals surface area contributed by atoms with Crippen LogP contribution in [-0.4, -0.2) is 43.1 Å². The van der Waals surface area contributed by atoms with Crippen LogP contribution in [0.2, 0.25) is 5.02 Å². The van der Waals surface area contributed by atoms with E-state index in [4.69, 9.17) is 30.5 Å². The van der Waals surface area contributed by atoms with Crippen molar-refractivity contribution in [2.45, 2.75) is 33.4 Å². The second kappa shape index (κ2) is 14.4. The summed E-state index contributed by atoms with van der Waals surface area (Å²) >= 11 is 8.35. The third-order valence-electron chi connectivity index (χ3n) is 6.19. The van der Waals surface area contributed by atoms with Gasteiger partial charge in [-0.15, -0.1) is 0 Å². The van der Waals surface area contributed by atoms with Gasteiger partial charge >= 0.3 is 6.03 Å². The summed E-state index contributed by atoms with van der Waals surface area (Å²) in [6.07, 6.45) is 2.26. The smallest absolute Gasteiger partial charge is 0.331 e. The van der Waals surface area contributed by atoms with Gasteiger partial charge in [0.1, 0.15) is 12.2 Å². The third-order valence-corrected chi connectivity index (χ3v) is 7.36. The summed E-state index contributed by atoms with van der Waals surface area (Å²) in [6.45, 7) is 4.96. The molecule has 11 heteroatoms. The molecule has 3 aromatic rings. The second-order valence-electron chi connectivity index (χ2n) is 9.19. The number of rotatable bonds is 12. The zero-order valence-corrected chi connectivity index (χ0v) is 26.3. The molecule has 0 saturated carbocycles. The number of urea groups is 1. The molecular formula is C31H30ClIN2O7. The van der Waals surface area contributed by atoms with E-state index >= 15 is 0 Å². The first-order valence-corrected chi connectivity index (χ1v) is 14.7. The van der Waals surface area contributed by atoms with Crippen molar-refractivity contribution in [1.82, 2.24) is 10.2 Å². The fourth-order valence-corrected chi connectivity index (χ4v) is 5.14. The largest absolute Gasteiger partial charge is 0.493 e. The van der Waals surface area contributed by atoms with Gasteiger partial charge in [-0.25, -0.2) is 4.79 Å². The molecular weight excluding hydrogens is 675 g/mol. The monoisotopic (exact) mass is 704 g/mol. The van der Waals surface area contributed by atoms with Gasteiger partial charge in [-0.05, 0) is 83.5 Å². The molecule has 3 aromatic carbocycles. The number of hydrogen-bond donors (Lipinski definition) is 1. The quantitative estimate of drug-likeness (QED) is 0.133. The summed E-state index contributed by atoms with van der Waals surface area (Å²) in [5.41, 5.74) is 1.78. The van der Waals surface area contributed by atoms with Gasteiger partial charge in [0.15, 0.2) is 23.0 Å². The number of imide groups is 2. The van der Waals surface area contributed by atoms with Crippen molar-refractivity contribution in [2.24, 2.45) is 0 Å². The van der Waals surface area contributed by atoms with Crippen LogP contribution in [0.25, 0.3) is 6.08 Å². The molecule has 0 atom stereocenters. The first-order valence-electron chi connectivity index (χ1n) is 13.3. The normalized spacial score (nSPS) is 14.2. The lowest BCUT2D eigenvalue weighted by molar-refractivity contribution is -0.130. The van der Waals surface area contributed by atoms with E-state index in [9.17, 15) is 14.4 Å². The number of carbonyl (C=O) groups is 3. The lowest BCUT2D eigenvalue weighted by Gasteiger charge is -2.26. The first-order chi connectivity index (χ1) is 20.2. The molecule has 1 N–H and O–H groups in total. The molecule has 0 spiro atoms.